The highest BCUT2D eigenvalue weighted by Gasteiger charge is 2.16. The Balaban J connectivity index is 2.15. The maximum atomic E-state index is 8.55. The number of hydrogen-bond donors (Lipinski definition) is 0. The summed E-state index contributed by atoms with van der Waals surface area (Å²) in [4.78, 5) is 0. The number of hydrogen-bond acceptors (Lipinski definition) is 2. The molecule has 1 aromatic rings. The summed E-state index contributed by atoms with van der Waals surface area (Å²) in [6, 6.07) is 4.47. The van der Waals surface area contributed by atoms with Gasteiger partial charge in [0, 0.05) is 10.8 Å². The van der Waals surface area contributed by atoms with Crippen LogP contribution in [0.5, 0.6) is 0 Å². The average Bonchev–Trinajstić information content (AvgIpc) is 2.38. The van der Waals surface area contributed by atoms with Gasteiger partial charge >= 0.3 is 0 Å². The van der Waals surface area contributed by atoms with Crippen LogP contribution in [0.25, 0.3) is 0 Å². The molecule has 2 rings (SSSR count). The van der Waals surface area contributed by atoms with Gasteiger partial charge in [0.15, 0.2) is 0 Å². The van der Waals surface area contributed by atoms with Crippen LogP contribution < -0.4 is 0 Å². The number of fused-ring (bicyclic) bond motifs is 1. The van der Waals surface area contributed by atoms with Gasteiger partial charge in [0.2, 0.25) is 0 Å². The molecule has 0 heterocycles. The van der Waals surface area contributed by atoms with Crippen molar-refractivity contribution in [2.24, 2.45) is 0 Å². The van der Waals surface area contributed by atoms with E-state index in [1.54, 1.807) is 0 Å². The van der Waals surface area contributed by atoms with Gasteiger partial charge in [0.05, 0.1) is 0 Å². The Labute approximate surface area is 119 Å². The third-order valence-electron chi connectivity index (χ3n) is 3.71. The topological polar surface area (TPSA) is 23.8 Å². The summed E-state index contributed by atoms with van der Waals surface area (Å²) in [7, 11) is 0. The monoisotopic (exact) mass is 279 g/mol. The lowest BCUT2D eigenvalue weighted by molar-refractivity contribution is 0.678. The summed E-state index contributed by atoms with van der Waals surface area (Å²) in [6.45, 7) is 2.20. The van der Waals surface area contributed by atoms with Gasteiger partial charge in [-0.05, 0) is 72.5 Å². The zero-order chi connectivity index (χ0) is 13.0. The summed E-state index contributed by atoms with van der Waals surface area (Å²) < 4.78 is 0. The molecule has 96 valence electrons. The molecule has 0 aromatic heterocycles. The minimum atomic E-state index is 0.436. The van der Waals surface area contributed by atoms with Gasteiger partial charge in [-0.15, -0.1) is 0 Å². The van der Waals surface area contributed by atoms with Crippen LogP contribution in [0.15, 0.2) is 12.1 Å². The number of nitrogens with zero attached hydrogens (tertiary/aromatic N) is 1. The number of rotatable bonds is 4. The summed E-state index contributed by atoms with van der Waals surface area (Å²) in [5.41, 5.74) is 4.19. The van der Waals surface area contributed by atoms with Gasteiger partial charge in [-0.3, -0.25) is 0 Å². The van der Waals surface area contributed by atoms with Crippen LogP contribution in [0.2, 0.25) is 5.02 Å². The molecular weight excluding hydrogens is 262 g/mol. The van der Waals surface area contributed by atoms with E-state index in [0.29, 0.717) is 5.92 Å². The zero-order valence-electron chi connectivity index (χ0n) is 10.7. The van der Waals surface area contributed by atoms with Crippen molar-refractivity contribution >= 4 is 23.4 Å². The number of thioether (sulfide) groups is 1. The molecule has 1 aliphatic carbocycles. The van der Waals surface area contributed by atoms with E-state index in [-0.39, 0.29) is 0 Å². The summed E-state index contributed by atoms with van der Waals surface area (Å²) in [6.07, 6.45) is 5.97. The van der Waals surface area contributed by atoms with Crippen molar-refractivity contribution in [3.05, 3.63) is 33.8 Å². The second-order valence-electron chi connectivity index (χ2n) is 4.98. The van der Waals surface area contributed by atoms with Crippen LogP contribution in [0.4, 0.5) is 0 Å². The summed E-state index contributed by atoms with van der Waals surface area (Å²) >= 11 is 7.73. The first-order valence-corrected chi connectivity index (χ1v) is 7.91. The average molecular weight is 280 g/mol. The molecule has 0 radical (unpaired) electrons. The smallest absolute Gasteiger partial charge is 0.133 e. The Kier molecular flexibility index (Phi) is 4.97. The maximum Gasteiger partial charge on any atom is 0.133 e. The van der Waals surface area contributed by atoms with E-state index in [1.165, 1.54) is 54.1 Å². The molecule has 1 atom stereocenters. The Hall–Kier alpha value is -0.650. The molecule has 0 amide bonds. The molecule has 3 heteroatoms. The highest BCUT2D eigenvalue weighted by atomic mass is 35.5. The molecule has 0 N–H and O–H groups in total. The Morgan fingerprint density at radius 3 is 2.67 bits per heavy atom. The van der Waals surface area contributed by atoms with E-state index in [2.05, 4.69) is 24.5 Å². The molecule has 0 fully saturated rings. The van der Waals surface area contributed by atoms with Crippen molar-refractivity contribution in [1.82, 2.24) is 0 Å². The molecule has 18 heavy (non-hydrogen) atoms. The second-order valence-corrected chi connectivity index (χ2v) is 6.27. The molecule has 1 aliphatic rings. The summed E-state index contributed by atoms with van der Waals surface area (Å²) in [5.74, 6) is 1.32. The summed E-state index contributed by atoms with van der Waals surface area (Å²) in [5, 5.41) is 11.6. The minimum absolute atomic E-state index is 0.436. The molecule has 0 bridgehead atoms. The SMILES string of the molecule is CC(CCSC#N)c1cc2c(cc1Cl)CCCC2. The lowest BCUT2D eigenvalue weighted by atomic mass is 9.87. The lowest BCUT2D eigenvalue weighted by Crippen LogP contribution is -2.05. The molecule has 0 aliphatic heterocycles. The van der Waals surface area contributed by atoms with Gasteiger partial charge in [0.1, 0.15) is 5.40 Å². The van der Waals surface area contributed by atoms with Crippen molar-refractivity contribution in [3.8, 4) is 5.40 Å². The van der Waals surface area contributed by atoms with Crippen LogP contribution >= 0.6 is 23.4 Å². The van der Waals surface area contributed by atoms with Gasteiger partial charge in [0.25, 0.3) is 0 Å². The molecule has 0 saturated heterocycles. The van der Waals surface area contributed by atoms with Crippen molar-refractivity contribution < 1.29 is 0 Å². The third kappa shape index (κ3) is 3.22. The van der Waals surface area contributed by atoms with E-state index in [9.17, 15) is 0 Å². The fraction of sp³-hybridized carbons (Fsp3) is 0.533. The van der Waals surface area contributed by atoms with Crippen LogP contribution in [0.1, 0.15) is 48.8 Å². The largest absolute Gasteiger partial charge is 0.185 e. The van der Waals surface area contributed by atoms with E-state index in [1.807, 2.05) is 0 Å². The molecule has 0 saturated carbocycles. The molecular formula is C15H18ClNS. The zero-order valence-corrected chi connectivity index (χ0v) is 12.3. The van der Waals surface area contributed by atoms with E-state index < -0.39 is 0 Å². The number of aryl methyl sites for hydroxylation is 2. The second kappa shape index (κ2) is 6.50. The van der Waals surface area contributed by atoms with E-state index in [4.69, 9.17) is 16.9 Å². The molecule has 1 aromatic carbocycles. The fourth-order valence-electron chi connectivity index (χ4n) is 2.59. The van der Waals surface area contributed by atoms with Crippen molar-refractivity contribution in [2.45, 2.75) is 44.9 Å². The first-order chi connectivity index (χ1) is 8.72. The predicted octanol–water partition coefficient (Wildman–Crippen LogP) is 4.93. The van der Waals surface area contributed by atoms with Crippen LogP contribution in [0.3, 0.4) is 0 Å². The quantitative estimate of drug-likeness (QED) is 0.576. The van der Waals surface area contributed by atoms with Crippen LogP contribution in [-0.4, -0.2) is 5.75 Å². The van der Waals surface area contributed by atoms with Crippen molar-refractivity contribution in [3.63, 3.8) is 0 Å². The Morgan fingerprint density at radius 2 is 2.00 bits per heavy atom. The van der Waals surface area contributed by atoms with Crippen molar-refractivity contribution in [1.29, 1.82) is 5.26 Å². The van der Waals surface area contributed by atoms with E-state index in [0.717, 1.165) is 17.2 Å². The first-order valence-electron chi connectivity index (χ1n) is 6.54. The van der Waals surface area contributed by atoms with Gasteiger partial charge in [-0.1, -0.05) is 24.6 Å². The van der Waals surface area contributed by atoms with Crippen LogP contribution in [0, 0.1) is 10.7 Å². The number of benzene rings is 1. The maximum absolute atomic E-state index is 8.55. The van der Waals surface area contributed by atoms with E-state index >= 15 is 0 Å². The molecule has 1 nitrogen and oxygen atoms in total. The van der Waals surface area contributed by atoms with Crippen molar-refractivity contribution in [2.75, 3.05) is 5.75 Å². The van der Waals surface area contributed by atoms with Crippen LogP contribution in [-0.2, 0) is 12.8 Å². The lowest BCUT2D eigenvalue weighted by Gasteiger charge is -2.20. The minimum Gasteiger partial charge on any atom is -0.185 e. The van der Waals surface area contributed by atoms with Gasteiger partial charge < -0.3 is 0 Å². The Bertz CT molecular complexity index is 464. The number of thiocyanates is 1. The molecule has 0 spiro atoms. The van der Waals surface area contributed by atoms with Gasteiger partial charge in [-0.25, -0.2) is 0 Å². The normalized spacial score (nSPS) is 15.8. The Morgan fingerprint density at radius 1 is 1.33 bits per heavy atom. The fourth-order valence-corrected chi connectivity index (χ4v) is 3.52. The van der Waals surface area contributed by atoms with Gasteiger partial charge in [-0.2, -0.15) is 5.26 Å². The number of nitriles is 1. The molecule has 1 unspecified atom stereocenters. The highest BCUT2D eigenvalue weighted by molar-refractivity contribution is 8.03. The standard InChI is InChI=1S/C15H18ClNS/c1-11(6-7-18-10-17)14-8-12-4-2-3-5-13(12)9-15(14)16/h8-9,11H,2-7H2,1H3. The first kappa shape index (κ1) is 13.8. The third-order valence-corrected chi connectivity index (χ3v) is 4.61. The predicted molar refractivity (Wildman–Crippen MR) is 79.2 cm³/mol. The number of halogens is 1. The highest BCUT2D eigenvalue weighted by Crippen LogP contribution is 2.33.